The number of piperidine rings is 1. The van der Waals surface area contributed by atoms with E-state index in [-0.39, 0.29) is 11.8 Å². The van der Waals surface area contributed by atoms with Gasteiger partial charge in [0.15, 0.2) is 0 Å². The van der Waals surface area contributed by atoms with Gasteiger partial charge in [0.25, 0.3) is 6.43 Å². The number of carbonyl (C=O) groups is 1. The minimum Gasteiger partial charge on any atom is -0.350 e. The molecule has 0 aromatic carbocycles. The monoisotopic (exact) mass is 312 g/mol. The molecule has 2 rings (SSSR count). The van der Waals surface area contributed by atoms with E-state index in [1.807, 2.05) is 12.4 Å². The molecule has 1 aromatic rings. The Morgan fingerprint density at radius 3 is 2.55 bits per heavy atom. The zero-order valence-electron chi connectivity index (χ0n) is 12.8. The number of nitrogens with one attached hydrogen (secondary N) is 1. The molecule has 2 heterocycles. The predicted octanol–water partition coefficient (Wildman–Crippen LogP) is 2.03. The number of aromatic nitrogens is 2. The summed E-state index contributed by atoms with van der Waals surface area (Å²) in [5.41, 5.74) is 1.11. The summed E-state index contributed by atoms with van der Waals surface area (Å²) in [6.45, 7) is 3.08. The molecule has 0 atom stereocenters. The van der Waals surface area contributed by atoms with Crippen molar-refractivity contribution in [1.82, 2.24) is 15.3 Å². The van der Waals surface area contributed by atoms with E-state index in [1.165, 1.54) is 0 Å². The Balaban J connectivity index is 1.76. The molecule has 0 radical (unpaired) electrons. The van der Waals surface area contributed by atoms with E-state index in [1.54, 1.807) is 0 Å². The predicted molar refractivity (Wildman–Crippen MR) is 80.0 cm³/mol. The molecule has 5 nitrogen and oxygen atoms in total. The summed E-state index contributed by atoms with van der Waals surface area (Å²) in [6.07, 6.45) is 4.11. The van der Waals surface area contributed by atoms with Crippen LogP contribution in [0, 0.1) is 5.92 Å². The summed E-state index contributed by atoms with van der Waals surface area (Å²) in [7, 11) is 0. The van der Waals surface area contributed by atoms with Gasteiger partial charge in [-0.15, -0.1) is 0 Å². The number of halogens is 2. The van der Waals surface area contributed by atoms with Gasteiger partial charge in [0, 0.05) is 31.9 Å². The lowest BCUT2D eigenvalue weighted by Gasteiger charge is -2.31. The van der Waals surface area contributed by atoms with Gasteiger partial charge in [0.05, 0.1) is 6.54 Å². The highest BCUT2D eigenvalue weighted by Gasteiger charge is 2.23. The van der Waals surface area contributed by atoms with E-state index >= 15 is 0 Å². The molecule has 0 unspecified atom stereocenters. The normalized spacial score (nSPS) is 16.1. The van der Waals surface area contributed by atoms with Crippen LogP contribution in [0.2, 0.25) is 0 Å². The number of rotatable bonds is 6. The van der Waals surface area contributed by atoms with Crippen LogP contribution in [0.3, 0.4) is 0 Å². The van der Waals surface area contributed by atoms with Gasteiger partial charge in [-0.05, 0) is 30.7 Å². The molecule has 0 spiro atoms. The molecule has 22 heavy (non-hydrogen) atoms. The summed E-state index contributed by atoms with van der Waals surface area (Å²) >= 11 is 0. The van der Waals surface area contributed by atoms with E-state index in [0.29, 0.717) is 6.42 Å². The second kappa shape index (κ2) is 8.00. The third-order valence-electron chi connectivity index (χ3n) is 3.92. The smallest absolute Gasteiger partial charge is 0.255 e. The Labute approximate surface area is 129 Å². The largest absolute Gasteiger partial charge is 0.350 e. The first-order chi connectivity index (χ1) is 10.6. The standard InChI is InChI=1S/C15H22F2N4O/c1-2-11-8-19-15(20-9-11)21-5-3-12(4-6-21)7-14(22)18-10-13(16)17/h8-9,12-13H,2-7,10H2,1H3,(H,18,22). The van der Waals surface area contributed by atoms with Gasteiger partial charge < -0.3 is 10.2 Å². The van der Waals surface area contributed by atoms with Gasteiger partial charge in [0.2, 0.25) is 11.9 Å². The summed E-state index contributed by atoms with van der Waals surface area (Å²) < 4.78 is 24.1. The van der Waals surface area contributed by atoms with Crippen molar-refractivity contribution in [3.63, 3.8) is 0 Å². The molecule has 1 aliphatic rings. The lowest BCUT2D eigenvalue weighted by atomic mass is 9.93. The van der Waals surface area contributed by atoms with Crippen molar-refractivity contribution in [1.29, 1.82) is 0 Å². The maximum Gasteiger partial charge on any atom is 0.255 e. The molecule has 1 fully saturated rings. The van der Waals surface area contributed by atoms with Gasteiger partial charge in [-0.1, -0.05) is 6.92 Å². The fourth-order valence-electron chi connectivity index (χ4n) is 2.56. The second-order valence-corrected chi connectivity index (χ2v) is 5.57. The maximum atomic E-state index is 12.0. The molecule has 0 saturated carbocycles. The maximum absolute atomic E-state index is 12.0. The Hall–Kier alpha value is -1.79. The van der Waals surface area contributed by atoms with Crippen molar-refractivity contribution in [2.24, 2.45) is 5.92 Å². The number of alkyl halides is 2. The van der Waals surface area contributed by atoms with Crippen LogP contribution in [0.5, 0.6) is 0 Å². The van der Waals surface area contributed by atoms with Gasteiger partial charge in [-0.25, -0.2) is 18.7 Å². The van der Waals surface area contributed by atoms with E-state index in [9.17, 15) is 13.6 Å². The highest BCUT2D eigenvalue weighted by Crippen LogP contribution is 2.23. The molecular weight excluding hydrogens is 290 g/mol. The number of nitrogens with zero attached hydrogens (tertiary/aromatic N) is 3. The third kappa shape index (κ3) is 4.89. The molecule has 0 aliphatic carbocycles. The summed E-state index contributed by atoms with van der Waals surface area (Å²) in [5, 5.41) is 2.26. The average Bonchev–Trinajstić information content (AvgIpc) is 2.54. The number of aryl methyl sites for hydroxylation is 1. The molecule has 122 valence electrons. The van der Waals surface area contributed by atoms with Gasteiger partial charge in [-0.3, -0.25) is 4.79 Å². The molecule has 1 aliphatic heterocycles. The molecule has 7 heteroatoms. The van der Waals surface area contributed by atoms with Crippen molar-refractivity contribution in [3.05, 3.63) is 18.0 Å². The van der Waals surface area contributed by atoms with E-state index < -0.39 is 13.0 Å². The minimum absolute atomic E-state index is 0.240. The van der Waals surface area contributed by atoms with Crippen molar-refractivity contribution in [3.8, 4) is 0 Å². The fourth-order valence-corrected chi connectivity index (χ4v) is 2.56. The zero-order valence-corrected chi connectivity index (χ0v) is 12.8. The van der Waals surface area contributed by atoms with Gasteiger partial charge in [0.1, 0.15) is 0 Å². The average molecular weight is 312 g/mol. The number of hydrogen-bond donors (Lipinski definition) is 1. The Bertz CT molecular complexity index is 473. The Kier molecular flexibility index (Phi) is 6.03. The first-order valence-corrected chi connectivity index (χ1v) is 7.69. The highest BCUT2D eigenvalue weighted by molar-refractivity contribution is 5.76. The molecule has 0 bridgehead atoms. The van der Waals surface area contributed by atoms with Gasteiger partial charge in [-0.2, -0.15) is 0 Å². The van der Waals surface area contributed by atoms with Crippen LogP contribution in [-0.4, -0.2) is 41.9 Å². The van der Waals surface area contributed by atoms with Crippen molar-refractivity contribution in [2.75, 3.05) is 24.5 Å². The van der Waals surface area contributed by atoms with Crippen LogP contribution in [0.25, 0.3) is 0 Å². The Morgan fingerprint density at radius 2 is 2.00 bits per heavy atom. The Morgan fingerprint density at radius 1 is 1.36 bits per heavy atom. The second-order valence-electron chi connectivity index (χ2n) is 5.57. The lowest BCUT2D eigenvalue weighted by Crippen LogP contribution is -2.37. The van der Waals surface area contributed by atoms with Crippen LogP contribution < -0.4 is 10.2 Å². The number of amides is 1. The summed E-state index contributed by atoms with van der Waals surface area (Å²) in [6, 6.07) is 0. The zero-order chi connectivity index (χ0) is 15.9. The molecule has 1 saturated heterocycles. The number of hydrogen-bond acceptors (Lipinski definition) is 4. The van der Waals surface area contributed by atoms with Crippen LogP contribution in [0.4, 0.5) is 14.7 Å². The summed E-state index contributed by atoms with van der Waals surface area (Å²) in [4.78, 5) is 22.4. The van der Waals surface area contributed by atoms with Crippen LogP contribution in [0.15, 0.2) is 12.4 Å². The lowest BCUT2D eigenvalue weighted by molar-refractivity contribution is -0.122. The van der Waals surface area contributed by atoms with E-state index in [0.717, 1.165) is 43.9 Å². The van der Waals surface area contributed by atoms with Crippen molar-refractivity contribution >= 4 is 11.9 Å². The molecule has 1 amide bonds. The van der Waals surface area contributed by atoms with E-state index in [4.69, 9.17) is 0 Å². The summed E-state index contributed by atoms with van der Waals surface area (Å²) in [5.74, 6) is 0.670. The third-order valence-corrected chi connectivity index (χ3v) is 3.92. The fraction of sp³-hybridized carbons (Fsp3) is 0.667. The molecule has 1 N–H and O–H groups in total. The quantitative estimate of drug-likeness (QED) is 0.873. The van der Waals surface area contributed by atoms with Gasteiger partial charge >= 0.3 is 0 Å². The molecule has 1 aromatic heterocycles. The van der Waals surface area contributed by atoms with E-state index in [2.05, 4.69) is 27.1 Å². The first kappa shape index (κ1) is 16.6. The highest BCUT2D eigenvalue weighted by atomic mass is 19.3. The first-order valence-electron chi connectivity index (χ1n) is 7.69. The SMILES string of the molecule is CCc1cnc(N2CCC(CC(=O)NCC(F)F)CC2)nc1. The number of anilines is 1. The van der Waals surface area contributed by atoms with Crippen LogP contribution in [0.1, 0.15) is 31.7 Å². The van der Waals surface area contributed by atoms with Crippen molar-refractivity contribution < 1.29 is 13.6 Å². The van der Waals surface area contributed by atoms with Crippen LogP contribution in [-0.2, 0) is 11.2 Å². The molecular formula is C15H22F2N4O. The topological polar surface area (TPSA) is 58.1 Å². The minimum atomic E-state index is -2.49. The number of carbonyl (C=O) groups excluding carboxylic acids is 1. The van der Waals surface area contributed by atoms with Crippen molar-refractivity contribution in [2.45, 2.75) is 39.0 Å². The van der Waals surface area contributed by atoms with Crippen LogP contribution >= 0.6 is 0 Å².